The van der Waals surface area contributed by atoms with Crippen molar-refractivity contribution in [2.45, 2.75) is 33.1 Å². The molecule has 0 amide bonds. The van der Waals surface area contributed by atoms with Crippen molar-refractivity contribution in [2.75, 3.05) is 6.61 Å². The molecule has 1 aromatic heterocycles. The van der Waals surface area contributed by atoms with E-state index in [2.05, 4.69) is 13.0 Å². The Bertz CT molecular complexity index is 613. The molecule has 0 saturated carbocycles. The molecule has 1 aromatic carbocycles. The number of thiazole rings is 1. The van der Waals surface area contributed by atoms with Gasteiger partial charge in [0, 0.05) is 4.88 Å². The van der Waals surface area contributed by atoms with Gasteiger partial charge in [-0.25, -0.2) is 4.98 Å². The minimum absolute atomic E-state index is 0.434. The van der Waals surface area contributed by atoms with Crippen molar-refractivity contribution in [1.82, 2.24) is 4.98 Å². The Morgan fingerprint density at radius 1 is 1.30 bits per heavy atom. The van der Waals surface area contributed by atoms with Crippen molar-refractivity contribution in [3.8, 4) is 22.4 Å². The molecule has 0 saturated heterocycles. The summed E-state index contributed by atoms with van der Waals surface area (Å²) in [7, 11) is 0. The Kier molecular flexibility index (Phi) is 5.14. The fourth-order valence-electron chi connectivity index (χ4n) is 2.07. The number of nitriles is 1. The fourth-order valence-corrected chi connectivity index (χ4v) is 3.14. The molecular weight excluding hydrogens is 268 g/mol. The van der Waals surface area contributed by atoms with Crippen molar-refractivity contribution >= 4 is 11.3 Å². The SMILES string of the molecule is CCCc1nc(-c2ccccc2OCC)sc1CC#N. The van der Waals surface area contributed by atoms with Crippen molar-refractivity contribution < 1.29 is 4.74 Å². The van der Waals surface area contributed by atoms with Crippen LogP contribution in [-0.2, 0) is 12.8 Å². The van der Waals surface area contributed by atoms with E-state index in [0.717, 1.165) is 39.7 Å². The highest BCUT2D eigenvalue weighted by atomic mass is 32.1. The van der Waals surface area contributed by atoms with Crippen molar-refractivity contribution in [3.63, 3.8) is 0 Å². The van der Waals surface area contributed by atoms with E-state index in [0.29, 0.717) is 13.0 Å². The van der Waals surface area contributed by atoms with Gasteiger partial charge in [0.05, 0.1) is 30.4 Å². The molecule has 2 rings (SSSR count). The molecule has 0 aliphatic rings. The molecule has 3 nitrogen and oxygen atoms in total. The highest BCUT2D eigenvalue weighted by molar-refractivity contribution is 7.15. The summed E-state index contributed by atoms with van der Waals surface area (Å²) in [5, 5.41) is 9.88. The first-order chi connectivity index (χ1) is 9.80. The molecule has 0 fully saturated rings. The van der Waals surface area contributed by atoms with Crippen LogP contribution in [0.4, 0.5) is 0 Å². The summed E-state index contributed by atoms with van der Waals surface area (Å²) in [5.74, 6) is 0.857. The van der Waals surface area contributed by atoms with Gasteiger partial charge in [0.1, 0.15) is 10.8 Å². The molecule has 2 aromatic rings. The van der Waals surface area contributed by atoms with Crippen LogP contribution in [0.2, 0.25) is 0 Å². The van der Waals surface area contributed by atoms with Gasteiger partial charge in [-0.15, -0.1) is 11.3 Å². The van der Waals surface area contributed by atoms with E-state index in [-0.39, 0.29) is 0 Å². The highest BCUT2D eigenvalue weighted by Crippen LogP contribution is 2.35. The van der Waals surface area contributed by atoms with Crippen molar-refractivity contribution in [3.05, 3.63) is 34.8 Å². The zero-order valence-corrected chi connectivity index (χ0v) is 12.7. The summed E-state index contributed by atoms with van der Waals surface area (Å²) in [4.78, 5) is 5.80. The van der Waals surface area contributed by atoms with E-state index >= 15 is 0 Å². The standard InChI is InChI=1S/C16H18N2OS/c1-3-7-13-15(10-11-17)20-16(18-13)12-8-5-6-9-14(12)19-4-2/h5-6,8-9H,3-4,7,10H2,1-2H3. The molecule has 104 valence electrons. The van der Waals surface area contributed by atoms with Gasteiger partial charge in [0.25, 0.3) is 0 Å². The average molecular weight is 286 g/mol. The summed E-state index contributed by atoms with van der Waals surface area (Å²) in [5.41, 5.74) is 2.07. The minimum atomic E-state index is 0.434. The molecule has 0 unspecified atom stereocenters. The molecule has 0 bridgehead atoms. The summed E-state index contributed by atoms with van der Waals surface area (Å²) in [6.07, 6.45) is 2.39. The Hall–Kier alpha value is -1.86. The number of para-hydroxylation sites is 1. The zero-order chi connectivity index (χ0) is 14.4. The number of aromatic nitrogens is 1. The first-order valence-corrected chi connectivity index (χ1v) is 7.69. The zero-order valence-electron chi connectivity index (χ0n) is 11.8. The second-order valence-electron chi connectivity index (χ2n) is 4.40. The Labute approximate surface area is 123 Å². The molecule has 1 heterocycles. The van der Waals surface area contributed by atoms with Gasteiger partial charge in [0.15, 0.2) is 0 Å². The summed E-state index contributed by atoms with van der Waals surface area (Å²) in [6, 6.07) is 10.2. The lowest BCUT2D eigenvalue weighted by Crippen LogP contribution is -1.94. The third kappa shape index (κ3) is 3.17. The Morgan fingerprint density at radius 2 is 2.10 bits per heavy atom. The molecule has 0 aliphatic heterocycles. The van der Waals surface area contributed by atoms with Gasteiger partial charge in [-0.1, -0.05) is 25.5 Å². The third-order valence-corrected chi connectivity index (χ3v) is 4.05. The molecule has 0 radical (unpaired) electrons. The maximum atomic E-state index is 8.94. The number of benzene rings is 1. The normalized spacial score (nSPS) is 10.2. The number of nitrogens with zero attached hydrogens (tertiary/aromatic N) is 2. The molecule has 0 N–H and O–H groups in total. The van der Waals surface area contributed by atoms with Gasteiger partial charge >= 0.3 is 0 Å². The lowest BCUT2D eigenvalue weighted by molar-refractivity contribution is 0.341. The van der Waals surface area contributed by atoms with Gasteiger partial charge in [-0.3, -0.25) is 0 Å². The van der Waals surface area contributed by atoms with Gasteiger partial charge in [-0.2, -0.15) is 5.26 Å². The molecule has 0 spiro atoms. The highest BCUT2D eigenvalue weighted by Gasteiger charge is 2.14. The summed E-state index contributed by atoms with van der Waals surface area (Å²) < 4.78 is 5.66. The van der Waals surface area contributed by atoms with Crippen LogP contribution in [0.15, 0.2) is 24.3 Å². The molecule has 4 heteroatoms. The summed E-state index contributed by atoms with van der Waals surface area (Å²) >= 11 is 1.60. The topological polar surface area (TPSA) is 45.9 Å². The van der Waals surface area contributed by atoms with Crippen LogP contribution >= 0.6 is 11.3 Å². The molecule has 20 heavy (non-hydrogen) atoms. The van der Waals surface area contributed by atoms with E-state index < -0.39 is 0 Å². The van der Waals surface area contributed by atoms with E-state index in [9.17, 15) is 0 Å². The molecular formula is C16H18N2OS. The fraction of sp³-hybridized carbons (Fsp3) is 0.375. The predicted molar refractivity (Wildman–Crippen MR) is 82.0 cm³/mol. The lowest BCUT2D eigenvalue weighted by atomic mass is 10.2. The number of hydrogen-bond donors (Lipinski definition) is 0. The predicted octanol–water partition coefficient (Wildman–Crippen LogP) is 4.23. The first kappa shape index (κ1) is 14.5. The number of aryl methyl sites for hydroxylation is 1. The summed E-state index contributed by atoms with van der Waals surface area (Å²) in [6.45, 7) is 4.74. The van der Waals surface area contributed by atoms with Crippen molar-refractivity contribution in [2.24, 2.45) is 0 Å². The van der Waals surface area contributed by atoms with Crippen LogP contribution < -0.4 is 4.74 Å². The largest absolute Gasteiger partial charge is 0.493 e. The van der Waals surface area contributed by atoms with Crippen LogP contribution in [0.1, 0.15) is 30.8 Å². The number of hydrogen-bond acceptors (Lipinski definition) is 4. The molecule has 0 aliphatic carbocycles. The quantitative estimate of drug-likeness (QED) is 0.798. The monoisotopic (exact) mass is 286 g/mol. The number of ether oxygens (including phenoxy) is 1. The third-order valence-electron chi connectivity index (χ3n) is 2.92. The Morgan fingerprint density at radius 3 is 2.80 bits per heavy atom. The molecule has 0 atom stereocenters. The van der Waals surface area contributed by atoms with Gasteiger partial charge in [0.2, 0.25) is 0 Å². The van der Waals surface area contributed by atoms with Crippen LogP contribution in [0.5, 0.6) is 5.75 Å². The minimum Gasteiger partial charge on any atom is -0.493 e. The maximum Gasteiger partial charge on any atom is 0.129 e. The van der Waals surface area contributed by atoms with Gasteiger partial charge < -0.3 is 4.74 Å². The number of rotatable bonds is 6. The van der Waals surface area contributed by atoms with E-state index in [1.807, 2.05) is 31.2 Å². The second-order valence-corrected chi connectivity index (χ2v) is 5.49. The van der Waals surface area contributed by atoms with E-state index in [1.54, 1.807) is 11.3 Å². The van der Waals surface area contributed by atoms with Crippen molar-refractivity contribution in [1.29, 1.82) is 5.26 Å². The van der Waals surface area contributed by atoms with Gasteiger partial charge in [-0.05, 0) is 25.5 Å². The smallest absolute Gasteiger partial charge is 0.129 e. The first-order valence-electron chi connectivity index (χ1n) is 6.87. The Balaban J connectivity index is 2.42. The van der Waals surface area contributed by atoms with Crippen LogP contribution in [-0.4, -0.2) is 11.6 Å². The van der Waals surface area contributed by atoms with E-state index in [4.69, 9.17) is 15.0 Å². The average Bonchev–Trinajstić information content (AvgIpc) is 2.84. The second kappa shape index (κ2) is 7.06. The maximum absolute atomic E-state index is 8.94. The van der Waals surface area contributed by atoms with Crippen LogP contribution in [0, 0.1) is 11.3 Å². The van der Waals surface area contributed by atoms with Crippen LogP contribution in [0.3, 0.4) is 0 Å². The van der Waals surface area contributed by atoms with E-state index in [1.165, 1.54) is 0 Å². The van der Waals surface area contributed by atoms with Crippen LogP contribution in [0.25, 0.3) is 10.6 Å². The lowest BCUT2D eigenvalue weighted by Gasteiger charge is -2.07.